The van der Waals surface area contributed by atoms with E-state index < -0.39 is 0 Å². The Morgan fingerprint density at radius 1 is 1.10 bits per heavy atom. The second-order valence-corrected chi connectivity index (χ2v) is 9.46. The number of esters is 1. The first-order valence-corrected chi connectivity index (χ1v) is 11.2. The molecule has 2 rings (SSSR count). The van der Waals surface area contributed by atoms with E-state index in [2.05, 4.69) is 64.1 Å². The van der Waals surface area contributed by atoms with E-state index in [0.29, 0.717) is 6.61 Å². The molecule has 0 radical (unpaired) electrons. The van der Waals surface area contributed by atoms with Gasteiger partial charge >= 0.3 is 5.97 Å². The van der Waals surface area contributed by atoms with Crippen LogP contribution in [0, 0.1) is 19.3 Å². The second-order valence-electron chi connectivity index (χ2n) is 9.46. The minimum Gasteiger partial charge on any atom is -0.458 e. The number of rotatable bonds is 7. The molecule has 0 aliphatic heterocycles. The lowest BCUT2D eigenvalue weighted by molar-refractivity contribution is -0.139. The highest BCUT2D eigenvalue weighted by Crippen LogP contribution is 2.40. The van der Waals surface area contributed by atoms with Crippen LogP contribution >= 0.6 is 0 Å². The predicted octanol–water partition coefficient (Wildman–Crippen LogP) is 7.88. The summed E-state index contributed by atoms with van der Waals surface area (Å²) >= 11 is 0. The quantitative estimate of drug-likeness (QED) is 0.256. The predicted molar refractivity (Wildman–Crippen MR) is 132 cm³/mol. The van der Waals surface area contributed by atoms with Gasteiger partial charge in [0.15, 0.2) is 0 Å². The zero-order valence-electron chi connectivity index (χ0n) is 20.3. The molecule has 1 aliphatic rings. The fourth-order valence-corrected chi connectivity index (χ4v) is 4.01. The maximum absolute atomic E-state index is 12.1. The van der Waals surface area contributed by atoms with Gasteiger partial charge in [-0.25, -0.2) is 4.79 Å². The Labute approximate surface area is 189 Å². The number of aryl methyl sites for hydroxylation is 2. The summed E-state index contributed by atoms with van der Waals surface area (Å²) in [6.45, 7) is 15.3. The first kappa shape index (κ1) is 24.7. The lowest BCUT2D eigenvalue weighted by atomic mass is 9.72. The monoisotopic (exact) mass is 418 g/mol. The summed E-state index contributed by atoms with van der Waals surface area (Å²) in [6.07, 6.45) is 15.7. The Balaban J connectivity index is 1.93. The van der Waals surface area contributed by atoms with Gasteiger partial charge < -0.3 is 4.74 Å². The van der Waals surface area contributed by atoms with Gasteiger partial charge in [0, 0.05) is 6.08 Å². The number of hydrogen-bond acceptors (Lipinski definition) is 2. The van der Waals surface area contributed by atoms with Crippen molar-refractivity contribution in [3.8, 4) is 0 Å². The summed E-state index contributed by atoms with van der Waals surface area (Å²) in [7, 11) is 0. The molecule has 0 bridgehead atoms. The zero-order chi connectivity index (χ0) is 23.0. The third-order valence-electron chi connectivity index (χ3n) is 5.99. The average Bonchev–Trinajstić information content (AvgIpc) is 2.67. The summed E-state index contributed by atoms with van der Waals surface area (Å²) in [4.78, 5) is 12.1. The molecule has 0 saturated heterocycles. The number of benzene rings is 1. The van der Waals surface area contributed by atoms with Crippen LogP contribution in [0.1, 0.15) is 70.6 Å². The van der Waals surface area contributed by atoms with Crippen molar-refractivity contribution in [2.45, 2.75) is 74.3 Å². The van der Waals surface area contributed by atoms with Gasteiger partial charge in [-0.15, -0.1) is 0 Å². The number of allylic oxidation sites excluding steroid dienone is 9. The van der Waals surface area contributed by atoms with Crippen molar-refractivity contribution in [2.24, 2.45) is 5.41 Å². The molecular weight excluding hydrogens is 380 g/mol. The van der Waals surface area contributed by atoms with Crippen LogP contribution < -0.4 is 0 Å². The Kier molecular flexibility index (Phi) is 8.86. The minimum atomic E-state index is -0.314. The van der Waals surface area contributed by atoms with Crippen molar-refractivity contribution in [1.29, 1.82) is 0 Å². The first-order valence-electron chi connectivity index (χ1n) is 11.2. The molecule has 0 fully saturated rings. The third kappa shape index (κ3) is 7.86. The standard InChI is InChI=1S/C29H38O2/c1-21(14-16-27-25(5)12-9-17-29(27,6)7)10-8-11-22(2)19-28(30)31-20-26-18-23(3)13-15-24(26)4/h8,10-11,13-16,18-19H,9,12,17,20H2,1-7H3/b11-8+,16-14+,21-10+,22-19+. The van der Waals surface area contributed by atoms with Gasteiger partial charge in [-0.05, 0) is 81.6 Å². The normalized spacial score (nSPS) is 17.6. The lowest BCUT2D eigenvalue weighted by Gasteiger charge is -2.32. The van der Waals surface area contributed by atoms with Gasteiger partial charge in [0.05, 0.1) is 0 Å². The van der Waals surface area contributed by atoms with Crippen molar-refractivity contribution in [2.75, 3.05) is 0 Å². The van der Waals surface area contributed by atoms with Gasteiger partial charge in [-0.3, -0.25) is 0 Å². The van der Waals surface area contributed by atoms with Crippen LogP contribution in [0.5, 0.6) is 0 Å². The highest BCUT2D eigenvalue weighted by Gasteiger charge is 2.26. The molecular formula is C29H38O2. The van der Waals surface area contributed by atoms with Crippen LogP contribution in [0.2, 0.25) is 0 Å². The molecule has 31 heavy (non-hydrogen) atoms. The molecule has 1 aliphatic carbocycles. The summed E-state index contributed by atoms with van der Waals surface area (Å²) in [5.41, 5.74) is 8.63. The number of carbonyl (C=O) groups excluding carboxylic acids is 1. The summed E-state index contributed by atoms with van der Waals surface area (Å²) in [5, 5.41) is 0. The van der Waals surface area contributed by atoms with E-state index in [1.165, 1.54) is 41.5 Å². The molecule has 0 amide bonds. The van der Waals surface area contributed by atoms with E-state index in [1.54, 1.807) is 6.08 Å². The Bertz CT molecular complexity index is 949. The molecule has 1 aromatic rings. The van der Waals surface area contributed by atoms with E-state index in [1.807, 2.05) is 32.9 Å². The fraction of sp³-hybridized carbons (Fsp3) is 0.414. The smallest absolute Gasteiger partial charge is 0.331 e. The van der Waals surface area contributed by atoms with Crippen LogP contribution in [-0.2, 0) is 16.1 Å². The van der Waals surface area contributed by atoms with E-state index in [-0.39, 0.29) is 11.4 Å². The molecule has 2 heteroatoms. The summed E-state index contributed by atoms with van der Waals surface area (Å²) in [5.74, 6) is -0.314. The van der Waals surface area contributed by atoms with Gasteiger partial charge in [0.25, 0.3) is 0 Å². The Morgan fingerprint density at radius 2 is 1.84 bits per heavy atom. The van der Waals surface area contributed by atoms with Gasteiger partial charge in [0.1, 0.15) is 6.61 Å². The first-order chi connectivity index (χ1) is 14.6. The fourth-order valence-electron chi connectivity index (χ4n) is 4.01. The van der Waals surface area contributed by atoms with Gasteiger partial charge in [-0.1, -0.05) is 79.1 Å². The van der Waals surface area contributed by atoms with Crippen molar-refractivity contribution in [1.82, 2.24) is 0 Å². The van der Waals surface area contributed by atoms with Crippen LogP contribution in [0.25, 0.3) is 0 Å². The highest BCUT2D eigenvalue weighted by atomic mass is 16.5. The van der Waals surface area contributed by atoms with Crippen molar-refractivity contribution in [3.63, 3.8) is 0 Å². The molecule has 0 unspecified atom stereocenters. The van der Waals surface area contributed by atoms with Crippen molar-refractivity contribution < 1.29 is 9.53 Å². The van der Waals surface area contributed by atoms with Crippen LogP contribution in [-0.4, -0.2) is 5.97 Å². The van der Waals surface area contributed by atoms with Gasteiger partial charge in [0.2, 0.25) is 0 Å². The molecule has 166 valence electrons. The maximum atomic E-state index is 12.1. The van der Waals surface area contributed by atoms with E-state index in [0.717, 1.165) is 16.7 Å². The third-order valence-corrected chi connectivity index (χ3v) is 5.99. The number of ether oxygens (including phenoxy) is 1. The Morgan fingerprint density at radius 3 is 2.55 bits per heavy atom. The second kappa shape index (κ2) is 11.1. The zero-order valence-corrected chi connectivity index (χ0v) is 20.3. The molecule has 0 N–H and O–H groups in total. The van der Waals surface area contributed by atoms with Gasteiger partial charge in [-0.2, -0.15) is 0 Å². The van der Waals surface area contributed by atoms with Crippen LogP contribution in [0.3, 0.4) is 0 Å². The molecule has 2 nitrogen and oxygen atoms in total. The summed E-state index contributed by atoms with van der Waals surface area (Å²) in [6, 6.07) is 6.18. The van der Waals surface area contributed by atoms with E-state index >= 15 is 0 Å². The Hall–Kier alpha value is -2.61. The largest absolute Gasteiger partial charge is 0.458 e. The minimum absolute atomic E-state index is 0.256. The molecule has 0 spiro atoms. The number of carbonyl (C=O) groups is 1. The SMILES string of the molecule is CC1=C(/C=C/C(C)=C/C=C/C(C)=C/C(=O)OCc2cc(C)ccc2C)C(C)(C)CCC1. The highest BCUT2D eigenvalue weighted by molar-refractivity contribution is 5.83. The molecule has 0 atom stereocenters. The topological polar surface area (TPSA) is 26.3 Å². The van der Waals surface area contributed by atoms with Crippen LogP contribution in [0.15, 0.2) is 76.9 Å². The molecule has 1 aromatic carbocycles. The van der Waals surface area contributed by atoms with E-state index in [4.69, 9.17) is 4.74 Å². The average molecular weight is 419 g/mol. The van der Waals surface area contributed by atoms with Crippen molar-refractivity contribution in [3.05, 3.63) is 93.6 Å². The molecule has 0 aromatic heterocycles. The van der Waals surface area contributed by atoms with Crippen LogP contribution in [0.4, 0.5) is 0 Å². The lowest BCUT2D eigenvalue weighted by Crippen LogP contribution is -2.19. The molecule has 0 saturated carbocycles. The number of hydrogen-bond donors (Lipinski definition) is 0. The summed E-state index contributed by atoms with van der Waals surface area (Å²) < 4.78 is 5.42. The maximum Gasteiger partial charge on any atom is 0.331 e. The van der Waals surface area contributed by atoms with E-state index in [9.17, 15) is 4.79 Å². The molecule has 0 heterocycles. The van der Waals surface area contributed by atoms with Crippen molar-refractivity contribution >= 4 is 5.97 Å².